The Morgan fingerprint density at radius 3 is 2.50 bits per heavy atom. The first-order valence-corrected chi connectivity index (χ1v) is 6.15. The molecule has 2 rings (SSSR count). The van der Waals surface area contributed by atoms with E-state index in [1.165, 1.54) is 0 Å². The summed E-state index contributed by atoms with van der Waals surface area (Å²) in [5, 5.41) is 21.7. The van der Waals surface area contributed by atoms with Gasteiger partial charge in [-0.2, -0.15) is 0 Å². The first-order chi connectivity index (χ1) is 8.39. The molecule has 0 spiro atoms. The monoisotopic (exact) mass is 249 g/mol. The van der Waals surface area contributed by atoms with Gasteiger partial charge >= 0.3 is 0 Å². The van der Waals surface area contributed by atoms with Crippen molar-refractivity contribution in [2.75, 3.05) is 0 Å². The molecule has 2 atom stereocenters. The number of aromatic hydroxyl groups is 1. The lowest BCUT2D eigenvalue weighted by atomic mass is 9.64. The van der Waals surface area contributed by atoms with Crippen LogP contribution in [0.5, 0.6) is 5.75 Å². The van der Waals surface area contributed by atoms with Crippen molar-refractivity contribution in [2.45, 2.75) is 38.8 Å². The summed E-state index contributed by atoms with van der Waals surface area (Å²) in [6.45, 7) is 3.90. The zero-order valence-electron chi connectivity index (χ0n) is 10.7. The largest absolute Gasteiger partial charge is 0.508 e. The summed E-state index contributed by atoms with van der Waals surface area (Å²) in [5.41, 5.74) is 0.618. The fourth-order valence-corrected chi connectivity index (χ4v) is 2.19. The van der Waals surface area contributed by atoms with Gasteiger partial charge in [0.2, 0.25) is 5.91 Å². The predicted molar refractivity (Wildman–Crippen MR) is 68.1 cm³/mol. The standard InChI is InChI=1S/C14H19NO3/c1-14(2)11(8-12(14)17)15-13(18)7-9-3-5-10(16)6-4-9/h3-6,11-12,16-17H,7-8H2,1-2H3,(H,15,18). The van der Waals surface area contributed by atoms with E-state index in [-0.39, 0.29) is 29.2 Å². The Balaban J connectivity index is 1.88. The van der Waals surface area contributed by atoms with Crippen LogP contribution in [-0.2, 0) is 11.2 Å². The van der Waals surface area contributed by atoms with E-state index in [0.29, 0.717) is 12.8 Å². The van der Waals surface area contributed by atoms with Crippen molar-refractivity contribution in [3.8, 4) is 5.75 Å². The Labute approximate surface area is 107 Å². The van der Waals surface area contributed by atoms with Gasteiger partial charge in [-0.3, -0.25) is 4.79 Å². The molecule has 4 heteroatoms. The molecule has 1 aromatic rings. The number of hydrogen-bond donors (Lipinski definition) is 3. The highest BCUT2D eigenvalue weighted by Gasteiger charge is 2.47. The number of benzene rings is 1. The highest BCUT2D eigenvalue weighted by atomic mass is 16.3. The van der Waals surface area contributed by atoms with Crippen molar-refractivity contribution < 1.29 is 15.0 Å². The van der Waals surface area contributed by atoms with Crippen molar-refractivity contribution >= 4 is 5.91 Å². The molecule has 0 saturated heterocycles. The van der Waals surface area contributed by atoms with Crippen LogP contribution in [0.25, 0.3) is 0 Å². The normalized spacial score (nSPS) is 25.3. The third kappa shape index (κ3) is 2.48. The highest BCUT2D eigenvalue weighted by molar-refractivity contribution is 5.79. The summed E-state index contributed by atoms with van der Waals surface area (Å²) < 4.78 is 0. The van der Waals surface area contributed by atoms with Crippen LogP contribution in [0.2, 0.25) is 0 Å². The van der Waals surface area contributed by atoms with Gasteiger partial charge in [-0.1, -0.05) is 26.0 Å². The van der Waals surface area contributed by atoms with E-state index in [4.69, 9.17) is 5.11 Å². The molecule has 3 N–H and O–H groups in total. The number of aliphatic hydroxyl groups excluding tert-OH is 1. The SMILES string of the molecule is CC1(C)C(O)CC1NC(=O)Cc1ccc(O)cc1. The summed E-state index contributed by atoms with van der Waals surface area (Å²) >= 11 is 0. The maximum absolute atomic E-state index is 11.8. The third-order valence-corrected chi connectivity index (χ3v) is 3.85. The molecule has 1 aromatic carbocycles. The van der Waals surface area contributed by atoms with Crippen molar-refractivity contribution in [3.05, 3.63) is 29.8 Å². The number of hydrogen-bond acceptors (Lipinski definition) is 3. The average Bonchev–Trinajstić information content (AvgIpc) is 2.32. The Morgan fingerprint density at radius 2 is 2.00 bits per heavy atom. The minimum atomic E-state index is -0.337. The van der Waals surface area contributed by atoms with Crippen molar-refractivity contribution in [3.63, 3.8) is 0 Å². The zero-order valence-corrected chi connectivity index (χ0v) is 10.7. The lowest BCUT2D eigenvalue weighted by molar-refractivity contribution is -0.128. The molecule has 2 unspecified atom stereocenters. The first kappa shape index (κ1) is 12.9. The van der Waals surface area contributed by atoms with E-state index in [1.54, 1.807) is 24.3 Å². The molecular formula is C14H19NO3. The fraction of sp³-hybridized carbons (Fsp3) is 0.500. The molecule has 4 nitrogen and oxygen atoms in total. The maximum Gasteiger partial charge on any atom is 0.224 e. The number of carbonyl (C=O) groups excluding carboxylic acids is 1. The number of amides is 1. The minimum Gasteiger partial charge on any atom is -0.508 e. The molecule has 18 heavy (non-hydrogen) atoms. The molecule has 98 valence electrons. The molecular weight excluding hydrogens is 230 g/mol. The molecule has 0 heterocycles. The van der Waals surface area contributed by atoms with Crippen LogP contribution in [0.1, 0.15) is 25.8 Å². The quantitative estimate of drug-likeness (QED) is 0.754. The van der Waals surface area contributed by atoms with Crippen molar-refractivity contribution in [1.29, 1.82) is 0 Å². The molecule has 0 aromatic heterocycles. The Hall–Kier alpha value is -1.55. The van der Waals surface area contributed by atoms with E-state index >= 15 is 0 Å². The van der Waals surface area contributed by atoms with Gasteiger partial charge in [-0.05, 0) is 24.1 Å². The first-order valence-electron chi connectivity index (χ1n) is 6.15. The summed E-state index contributed by atoms with van der Waals surface area (Å²) in [6.07, 6.45) is 0.577. The number of carbonyl (C=O) groups is 1. The summed E-state index contributed by atoms with van der Waals surface area (Å²) in [5.74, 6) is 0.146. The number of rotatable bonds is 3. The van der Waals surface area contributed by atoms with Gasteiger partial charge in [0.1, 0.15) is 5.75 Å². The van der Waals surface area contributed by atoms with Gasteiger partial charge in [0, 0.05) is 11.5 Å². The lowest BCUT2D eigenvalue weighted by Gasteiger charge is -2.49. The molecule has 1 aliphatic rings. The molecule has 0 bridgehead atoms. The molecule has 0 radical (unpaired) electrons. The second-order valence-electron chi connectivity index (χ2n) is 5.54. The zero-order chi connectivity index (χ0) is 13.3. The minimum absolute atomic E-state index is 0.0390. The van der Waals surface area contributed by atoms with Gasteiger partial charge < -0.3 is 15.5 Å². The van der Waals surface area contributed by atoms with Crippen molar-refractivity contribution in [1.82, 2.24) is 5.32 Å². The molecule has 1 amide bonds. The number of phenols is 1. The van der Waals surface area contributed by atoms with Gasteiger partial charge in [-0.25, -0.2) is 0 Å². The summed E-state index contributed by atoms with van der Waals surface area (Å²) in [4.78, 5) is 11.8. The maximum atomic E-state index is 11.8. The fourth-order valence-electron chi connectivity index (χ4n) is 2.19. The Bertz CT molecular complexity index is 439. The van der Waals surface area contributed by atoms with Crippen LogP contribution in [0.4, 0.5) is 0 Å². The smallest absolute Gasteiger partial charge is 0.224 e. The van der Waals surface area contributed by atoms with Crippen LogP contribution < -0.4 is 5.32 Å². The summed E-state index contributed by atoms with van der Waals surface area (Å²) in [6, 6.07) is 6.64. The molecule has 1 saturated carbocycles. The number of aliphatic hydroxyl groups is 1. The summed E-state index contributed by atoms with van der Waals surface area (Å²) in [7, 11) is 0. The Kier molecular flexibility index (Phi) is 3.30. The molecule has 1 aliphatic carbocycles. The second-order valence-corrected chi connectivity index (χ2v) is 5.54. The second kappa shape index (κ2) is 4.61. The highest BCUT2D eigenvalue weighted by Crippen LogP contribution is 2.40. The van der Waals surface area contributed by atoms with Crippen LogP contribution in [-0.4, -0.2) is 28.3 Å². The topological polar surface area (TPSA) is 69.6 Å². The predicted octanol–water partition coefficient (Wildman–Crippen LogP) is 1.21. The third-order valence-electron chi connectivity index (χ3n) is 3.85. The van der Waals surface area contributed by atoms with Gasteiger partial charge in [0.15, 0.2) is 0 Å². The van der Waals surface area contributed by atoms with E-state index < -0.39 is 0 Å². The van der Waals surface area contributed by atoms with E-state index in [2.05, 4.69) is 5.32 Å². The van der Waals surface area contributed by atoms with Crippen molar-refractivity contribution in [2.24, 2.45) is 5.41 Å². The van der Waals surface area contributed by atoms with Gasteiger partial charge in [0.25, 0.3) is 0 Å². The molecule has 1 fully saturated rings. The van der Waals surface area contributed by atoms with Crippen LogP contribution in [0, 0.1) is 5.41 Å². The number of nitrogens with one attached hydrogen (secondary N) is 1. The van der Waals surface area contributed by atoms with E-state index in [0.717, 1.165) is 5.56 Å². The average molecular weight is 249 g/mol. The van der Waals surface area contributed by atoms with Gasteiger partial charge in [-0.15, -0.1) is 0 Å². The van der Waals surface area contributed by atoms with Crippen LogP contribution >= 0.6 is 0 Å². The molecule has 0 aliphatic heterocycles. The number of phenolic OH excluding ortho intramolecular Hbond substituents is 1. The van der Waals surface area contributed by atoms with E-state index in [9.17, 15) is 9.90 Å². The van der Waals surface area contributed by atoms with Crippen LogP contribution in [0.3, 0.4) is 0 Å². The Morgan fingerprint density at radius 1 is 1.39 bits per heavy atom. The van der Waals surface area contributed by atoms with Gasteiger partial charge in [0.05, 0.1) is 12.5 Å². The van der Waals surface area contributed by atoms with E-state index in [1.807, 2.05) is 13.8 Å². The lowest BCUT2D eigenvalue weighted by Crippen LogP contribution is -2.61. The van der Waals surface area contributed by atoms with Crippen LogP contribution in [0.15, 0.2) is 24.3 Å².